The molecule has 2 aromatic carbocycles. The molecule has 3 heterocycles. The number of hydrogen-bond acceptors (Lipinski definition) is 13. The molecular weight excluding hydrogens is 1380 g/mol. The standard InChI is InChI=1S/C74H104F6N12O13/c1-14-44(5)62-70(102)86(9)42-60(95)87(10)53-24-17-16-20-33-91(69(53)101)57(37-45-25-28-48(75)29-26-45)68(100)85(8)41-58(93)81-52(30-27-46-35-50(76)61(51(77)36-46)74(78,79)80)66(98)92-40-49(105-15-2)38-55(92)65(97)83-73(31-21-32-73)72(104)90(13)63(47-22-18-19-23-47)71(103)89(12)56(67(99)84(6)7)39-59(94)88(11)54(34-43(3)4)64(96)82-62/h16-17,25-26,28-29,35-36,43-44,47,49,52-57,62-63H,14-15,18-24,27,30-34,37-42H2,1-13H3,(H,81,93)(H,82,96)(H,83,97)/b17-16-/t44-,49+,52-,53-,54-,55-,56-,57-,62-,63-/m0/s1. The molecule has 3 aliphatic heterocycles. The second-order valence-corrected chi connectivity index (χ2v) is 29.4. The number of amides is 12. The molecule has 0 radical (unpaired) electrons. The number of rotatable bonds is 13. The van der Waals surface area contributed by atoms with Gasteiger partial charge in [-0.1, -0.05) is 71.2 Å². The van der Waals surface area contributed by atoms with Gasteiger partial charge in [0.05, 0.1) is 25.6 Å². The van der Waals surface area contributed by atoms with Gasteiger partial charge in [0.15, 0.2) is 0 Å². The number of carbonyl (C=O) groups is 12. The van der Waals surface area contributed by atoms with Crippen LogP contribution in [0.2, 0.25) is 0 Å². The lowest BCUT2D eigenvalue weighted by Crippen LogP contribution is -2.68. The molecule has 0 unspecified atom stereocenters. The first-order valence-electron chi connectivity index (χ1n) is 36.2. The van der Waals surface area contributed by atoms with Crippen molar-refractivity contribution in [1.29, 1.82) is 0 Å². The van der Waals surface area contributed by atoms with Gasteiger partial charge < -0.3 is 64.8 Å². The fourth-order valence-electron chi connectivity index (χ4n) is 14.8. The van der Waals surface area contributed by atoms with Crippen molar-refractivity contribution in [3.8, 4) is 0 Å². The summed E-state index contributed by atoms with van der Waals surface area (Å²) in [6.45, 7) is 6.97. The molecule has 1 spiro atoms. The smallest absolute Gasteiger partial charge is 0.377 e. The lowest BCUT2D eigenvalue weighted by molar-refractivity contribution is -0.158. The summed E-state index contributed by atoms with van der Waals surface area (Å²) in [5.74, 6) is -15.2. The largest absolute Gasteiger partial charge is 0.422 e. The zero-order chi connectivity index (χ0) is 77.9. The van der Waals surface area contributed by atoms with Gasteiger partial charge in [0.1, 0.15) is 76.9 Å². The Morgan fingerprint density at radius 3 is 1.89 bits per heavy atom. The van der Waals surface area contributed by atoms with Crippen LogP contribution in [0.4, 0.5) is 26.3 Å². The zero-order valence-electron chi connectivity index (χ0n) is 62.5. The minimum absolute atomic E-state index is 0.0613. The van der Waals surface area contributed by atoms with Gasteiger partial charge in [-0.25, -0.2) is 13.2 Å². The molecule has 2 saturated heterocycles. The number of aryl methyl sites for hydroxylation is 1. The van der Waals surface area contributed by atoms with Gasteiger partial charge in [0.2, 0.25) is 70.9 Å². The van der Waals surface area contributed by atoms with Gasteiger partial charge in [-0.3, -0.25) is 57.5 Å². The number of ether oxygens (including phenoxy) is 1. The summed E-state index contributed by atoms with van der Waals surface area (Å²) in [5, 5.41) is 8.37. The van der Waals surface area contributed by atoms with E-state index in [9.17, 15) is 46.3 Å². The number of nitrogens with one attached hydrogen (secondary N) is 3. The van der Waals surface area contributed by atoms with Crippen molar-refractivity contribution in [2.45, 2.75) is 204 Å². The molecule has 3 N–H and O–H groups in total. The molecule has 7 rings (SSSR count). The van der Waals surface area contributed by atoms with Crippen LogP contribution in [0.1, 0.15) is 141 Å². The number of likely N-dealkylation sites (N-methyl/N-ethyl adjacent to an activating group) is 7. The van der Waals surface area contributed by atoms with Gasteiger partial charge >= 0.3 is 6.18 Å². The highest BCUT2D eigenvalue weighted by molar-refractivity contribution is 6.01. The first-order valence-corrected chi connectivity index (χ1v) is 36.2. The first-order chi connectivity index (χ1) is 49.4. The predicted octanol–water partition coefficient (Wildman–Crippen LogP) is 4.86. The van der Waals surface area contributed by atoms with Crippen molar-refractivity contribution in [3.63, 3.8) is 0 Å². The summed E-state index contributed by atoms with van der Waals surface area (Å²) in [5.41, 5.74) is -3.85. The third-order valence-corrected chi connectivity index (χ3v) is 21.4. The van der Waals surface area contributed by atoms with Gasteiger partial charge in [-0.15, -0.1) is 0 Å². The summed E-state index contributed by atoms with van der Waals surface area (Å²) in [7, 11) is 10.9. The Kier molecular flexibility index (Phi) is 28.8. The summed E-state index contributed by atoms with van der Waals surface area (Å²) in [6, 6.07) is -5.41. The Morgan fingerprint density at radius 2 is 1.31 bits per heavy atom. The van der Waals surface area contributed by atoms with Crippen LogP contribution in [-0.2, 0) is 81.3 Å². The van der Waals surface area contributed by atoms with Crippen molar-refractivity contribution >= 4 is 70.9 Å². The van der Waals surface area contributed by atoms with Crippen molar-refractivity contribution in [2.24, 2.45) is 17.8 Å². The molecule has 105 heavy (non-hydrogen) atoms. The minimum atomic E-state index is -5.43. The summed E-state index contributed by atoms with van der Waals surface area (Å²) in [6.07, 6.45) is -1.71. The molecule has 5 aliphatic rings. The summed E-state index contributed by atoms with van der Waals surface area (Å²) in [4.78, 5) is 191. The fourth-order valence-corrected chi connectivity index (χ4v) is 14.8. The van der Waals surface area contributed by atoms with E-state index in [0.29, 0.717) is 56.2 Å². The normalized spacial score (nSPS) is 26.3. The molecule has 2 saturated carbocycles. The molecule has 12 amide bonds. The van der Waals surface area contributed by atoms with E-state index in [1.807, 2.05) is 13.8 Å². The molecule has 0 aromatic heterocycles. The monoisotopic (exact) mass is 1480 g/mol. The van der Waals surface area contributed by atoms with Gasteiger partial charge in [-0.05, 0) is 124 Å². The van der Waals surface area contributed by atoms with Crippen LogP contribution in [0.15, 0.2) is 48.6 Å². The Labute approximate surface area is 610 Å². The predicted molar refractivity (Wildman–Crippen MR) is 373 cm³/mol. The summed E-state index contributed by atoms with van der Waals surface area (Å²) < 4.78 is 92.3. The average molecular weight is 1480 g/mol. The average Bonchev–Trinajstić information content (AvgIpc) is 1.67. The Bertz CT molecular complexity index is 3530. The van der Waals surface area contributed by atoms with E-state index in [0.717, 1.165) is 36.6 Å². The van der Waals surface area contributed by atoms with Crippen LogP contribution in [0.25, 0.3) is 0 Å². The van der Waals surface area contributed by atoms with Crippen molar-refractivity contribution in [1.82, 2.24) is 60.0 Å². The SMILES string of the molecule is CCO[C@@H]1C[C@H]2C(=O)NC3(CCC3)C(=O)N(C)[C@@H](C3CCCC3)C(=O)N(C)[C@H](C(=O)N(C)C)CC(=O)N(C)[C@@H](CC(C)C)C(=O)N[C@@H]([C@@H](C)CC)C(=O)N(C)CC(=O)N(C)[C@H]3C/C=C\CCN(C3=O)[C@@H](Cc3ccc(F)cc3)C(=O)N(C)CC(=O)N[C@@H](CCc3cc(F)c(C(F)(F)F)c(F)c3)C(=O)N2C1. The lowest BCUT2D eigenvalue weighted by atomic mass is 9.74. The van der Waals surface area contributed by atoms with E-state index >= 15 is 37.5 Å². The fraction of sp³-hybridized carbons (Fsp3) is 0.649. The number of halogens is 6. The Hall–Kier alpha value is -8.64. The quantitative estimate of drug-likeness (QED) is 0.179. The van der Waals surface area contributed by atoms with E-state index in [-0.39, 0.29) is 76.1 Å². The molecular formula is C74H104F6N12O13. The number of fused-ring (bicyclic) bond motifs is 3. The highest BCUT2D eigenvalue weighted by atomic mass is 19.4. The second-order valence-electron chi connectivity index (χ2n) is 29.4. The van der Waals surface area contributed by atoms with E-state index in [1.54, 1.807) is 32.9 Å². The van der Waals surface area contributed by atoms with Gasteiger partial charge in [-0.2, -0.15) is 13.2 Å². The van der Waals surface area contributed by atoms with E-state index < -0.39 is 204 Å². The van der Waals surface area contributed by atoms with Gasteiger partial charge in [0.25, 0.3) is 0 Å². The number of hydrogen-bond donors (Lipinski definition) is 3. The van der Waals surface area contributed by atoms with Crippen LogP contribution < -0.4 is 16.0 Å². The molecule has 31 heteroatoms. The third kappa shape index (κ3) is 20.1. The topological polar surface area (TPSA) is 279 Å². The third-order valence-electron chi connectivity index (χ3n) is 21.4. The summed E-state index contributed by atoms with van der Waals surface area (Å²) >= 11 is 0. The Balaban J connectivity index is 1.34. The maximum Gasteiger partial charge on any atom is 0.422 e. The number of nitrogens with zero attached hydrogens (tertiary/aromatic N) is 9. The van der Waals surface area contributed by atoms with Crippen LogP contribution in [0.5, 0.6) is 0 Å². The molecule has 2 bridgehead atoms. The highest BCUT2D eigenvalue weighted by Gasteiger charge is 2.54. The first kappa shape index (κ1) is 83.6. The molecule has 10 atom stereocenters. The molecule has 580 valence electrons. The van der Waals surface area contributed by atoms with Crippen LogP contribution in [0, 0.1) is 35.2 Å². The van der Waals surface area contributed by atoms with E-state index in [4.69, 9.17) is 4.74 Å². The Morgan fingerprint density at radius 1 is 0.686 bits per heavy atom. The van der Waals surface area contributed by atoms with E-state index in [2.05, 4.69) is 16.0 Å². The highest BCUT2D eigenvalue weighted by Crippen LogP contribution is 2.39. The maximum absolute atomic E-state index is 15.5. The minimum Gasteiger partial charge on any atom is -0.377 e. The number of alkyl halides is 3. The second kappa shape index (κ2) is 36.1. The molecule has 4 fully saturated rings. The molecule has 2 aliphatic carbocycles. The number of carbonyl (C=O) groups excluding carboxylic acids is 12. The van der Waals surface area contributed by atoms with Crippen molar-refractivity contribution < 1.29 is 88.6 Å². The van der Waals surface area contributed by atoms with Crippen molar-refractivity contribution in [2.75, 3.05) is 89.2 Å². The van der Waals surface area contributed by atoms with Crippen LogP contribution in [-0.4, -0.2) is 264 Å². The zero-order valence-corrected chi connectivity index (χ0v) is 62.5. The van der Waals surface area contributed by atoms with Crippen molar-refractivity contribution in [3.05, 3.63) is 82.7 Å². The molecule has 25 nitrogen and oxygen atoms in total. The van der Waals surface area contributed by atoms with Crippen LogP contribution >= 0.6 is 0 Å². The molecule has 2 aromatic rings. The lowest BCUT2D eigenvalue weighted by Gasteiger charge is -2.46. The maximum atomic E-state index is 15.5. The van der Waals surface area contributed by atoms with Crippen LogP contribution in [0.3, 0.4) is 0 Å². The van der Waals surface area contributed by atoms with E-state index in [1.165, 1.54) is 88.1 Å². The van der Waals surface area contributed by atoms with Gasteiger partial charge in [0, 0.05) is 88.9 Å². The number of benzene rings is 2.